The molecule has 5 fully saturated rings. The SMILES string of the molecule is COC(=O)CC(C(N)=O)N1CC(Oc2ccc(CCB3O[C@@H]4C[C@@H]5C[C@@H](C5(C)C)[C@]4(C)O3)c(OC(=O)OC(C)(C)C)c2C(=O)OC(C)(C)C)C1. The number of nitrogens with zero attached hydrogens (tertiary/aromatic N) is 1. The molecule has 50 heavy (non-hydrogen) atoms. The van der Waals surface area contributed by atoms with Crippen LogP contribution in [0.15, 0.2) is 12.1 Å². The Morgan fingerprint density at radius 2 is 1.68 bits per heavy atom. The van der Waals surface area contributed by atoms with Crippen molar-refractivity contribution in [1.29, 1.82) is 0 Å². The first-order valence-electron chi connectivity index (χ1n) is 17.5. The number of rotatable bonds is 11. The number of hydrogen-bond acceptors (Lipinski definition) is 12. The van der Waals surface area contributed by atoms with Crippen LogP contribution in [0.25, 0.3) is 0 Å². The third-order valence-electron chi connectivity index (χ3n) is 10.6. The summed E-state index contributed by atoms with van der Waals surface area (Å²) >= 11 is 0. The number of primary amides is 1. The van der Waals surface area contributed by atoms with E-state index < -0.39 is 54.5 Å². The summed E-state index contributed by atoms with van der Waals surface area (Å²) in [6, 6.07) is 2.52. The van der Waals surface area contributed by atoms with Gasteiger partial charge in [0, 0.05) is 13.1 Å². The molecule has 0 radical (unpaired) electrons. The number of carbonyl (C=O) groups excluding carboxylic acids is 4. The monoisotopic (exact) mass is 700 g/mol. The van der Waals surface area contributed by atoms with E-state index in [9.17, 15) is 19.2 Å². The van der Waals surface area contributed by atoms with E-state index in [0.29, 0.717) is 30.1 Å². The Balaban J connectivity index is 1.41. The fourth-order valence-corrected chi connectivity index (χ4v) is 7.87. The number of aryl methyl sites for hydroxylation is 1. The van der Waals surface area contributed by atoms with E-state index in [1.807, 2.05) is 0 Å². The highest BCUT2D eigenvalue weighted by atomic mass is 16.7. The molecular weight excluding hydrogens is 647 g/mol. The highest BCUT2D eigenvalue weighted by Gasteiger charge is 2.67. The topological polar surface area (TPSA) is 162 Å². The molecular formula is C36H53BN2O11. The number of hydrogen-bond donors (Lipinski definition) is 1. The molecule has 5 atom stereocenters. The number of likely N-dealkylation sites (tertiary alicyclic amines) is 1. The maximum absolute atomic E-state index is 13.9. The molecule has 0 spiro atoms. The molecule has 13 nitrogen and oxygen atoms in total. The molecule has 2 heterocycles. The lowest BCUT2D eigenvalue weighted by Gasteiger charge is -2.64. The number of ether oxygens (including phenoxy) is 5. The Bertz CT molecular complexity index is 1500. The van der Waals surface area contributed by atoms with Crippen LogP contribution in [-0.4, -0.2) is 91.3 Å². The maximum Gasteiger partial charge on any atom is 0.514 e. The van der Waals surface area contributed by atoms with Crippen LogP contribution in [0, 0.1) is 17.3 Å². The number of amides is 1. The van der Waals surface area contributed by atoms with Gasteiger partial charge in [-0.15, -0.1) is 0 Å². The predicted molar refractivity (Wildman–Crippen MR) is 183 cm³/mol. The molecule has 1 aromatic carbocycles. The van der Waals surface area contributed by atoms with Crippen molar-refractivity contribution >= 4 is 31.1 Å². The summed E-state index contributed by atoms with van der Waals surface area (Å²) < 4.78 is 41.2. The number of nitrogens with two attached hydrogens (primary N) is 1. The van der Waals surface area contributed by atoms with Gasteiger partial charge in [-0.05, 0) is 103 Å². The third kappa shape index (κ3) is 7.92. The van der Waals surface area contributed by atoms with Crippen molar-refractivity contribution in [2.75, 3.05) is 20.2 Å². The number of benzene rings is 1. The van der Waals surface area contributed by atoms with Crippen LogP contribution >= 0.6 is 0 Å². The molecule has 0 aromatic heterocycles. The molecule has 6 rings (SSSR count). The zero-order chi connectivity index (χ0) is 37.0. The summed E-state index contributed by atoms with van der Waals surface area (Å²) in [5, 5.41) is 0. The largest absolute Gasteiger partial charge is 0.514 e. The van der Waals surface area contributed by atoms with Crippen molar-refractivity contribution in [2.45, 2.75) is 129 Å². The Kier molecular flexibility index (Phi) is 10.3. The van der Waals surface area contributed by atoms with Crippen LogP contribution in [0.2, 0.25) is 6.32 Å². The second kappa shape index (κ2) is 13.6. The van der Waals surface area contributed by atoms with Crippen LogP contribution in [0.5, 0.6) is 11.5 Å². The van der Waals surface area contributed by atoms with Crippen LogP contribution in [0.1, 0.15) is 97.5 Å². The fraction of sp³-hybridized carbons (Fsp3) is 0.722. The maximum atomic E-state index is 13.9. The molecule has 2 N–H and O–H groups in total. The molecule has 3 aliphatic carbocycles. The lowest BCUT2D eigenvalue weighted by molar-refractivity contribution is -0.199. The van der Waals surface area contributed by atoms with E-state index in [1.54, 1.807) is 58.6 Å². The highest BCUT2D eigenvalue weighted by molar-refractivity contribution is 6.45. The first-order chi connectivity index (χ1) is 23.1. The van der Waals surface area contributed by atoms with Gasteiger partial charge in [0.2, 0.25) is 5.91 Å². The Labute approximate surface area is 295 Å². The number of carbonyl (C=O) groups is 4. The zero-order valence-corrected chi connectivity index (χ0v) is 31.1. The van der Waals surface area contributed by atoms with Gasteiger partial charge in [0.25, 0.3) is 0 Å². The summed E-state index contributed by atoms with van der Waals surface area (Å²) in [4.78, 5) is 52.7. The van der Waals surface area contributed by atoms with Crippen LogP contribution in [0.4, 0.5) is 4.79 Å². The van der Waals surface area contributed by atoms with Gasteiger partial charge < -0.3 is 38.7 Å². The van der Waals surface area contributed by atoms with E-state index in [-0.39, 0.29) is 53.7 Å². The summed E-state index contributed by atoms with van der Waals surface area (Å²) in [6.45, 7) is 17.6. The van der Waals surface area contributed by atoms with Gasteiger partial charge in [-0.2, -0.15) is 0 Å². The van der Waals surface area contributed by atoms with Crippen molar-refractivity contribution in [2.24, 2.45) is 23.0 Å². The van der Waals surface area contributed by atoms with E-state index in [2.05, 4.69) is 20.8 Å². The lowest BCUT2D eigenvalue weighted by Crippen LogP contribution is -2.65. The van der Waals surface area contributed by atoms with Gasteiger partial charge >= 0.3 is 25.2 Å². The second-order valence-corrected chi connectivity index (χ2v) is 16.8. The van der Waals surface area contributed by atoms with E-state index in [0.717, 1.165) is 12.8 Å². The zero-order valence-electron chi connectivity index (χ0n) is 31.1. The van der Waals surface area contributed by atoms with Crippen LogP contribution < -0.4 is 15.2 Å². The quantitative estimate of drug-likeness (QED) is 0.147. The minimum absolute atomic E-state index is 0.0127. The van der Waals surface area contributed by atoms with Gasteiger partial charge in [-0.1, -0.05) is 19.9 Å². The molecule has 5 aliphatic rings. The lowest BCUT2D eigenvalue weighted by atomic mass is 9.43. The normalized spacial score (nSPS) is 26.5. The molecule has 1 unspecified atom stereocenters. The molecule has 1 amide bonds. The highest BCUT2D eigenvalue weighted by Crippen LogP contribution is 2.65. The van der Waals surface area contributed by atoms with Crippen molar-refractivity contribution in [3.63, 3.8) is 0 Å². The Hall–Kier alpha value is -3.36. The predicted octanol–water partition coefficient (Wildman–Crippen LogP) is 4.71. The third-order valence-corrected chi connectivity index (χ3v) is 10.6. The molecule has 1 aromatic rings. The standard InChI is InChI=1S/C36H53BN2O11/c1-33(2,3)47-31(42)28-24(45-22-18-39(19-22)23(30(38)41)17-27(40)44-10)12-11-20(29(28)46-32(43)48-34(4,5)6)13-14-37-49-26-16-21-15-25(35(21,7)8)36(26,9)50-37/h11-12,21-23,25-26H,13-19H2,1-10H3,(H2,38,41)/t21-,23?,25-,26+,36-/m0/s1. The molecule has 276 valence electrons. The van der Waals surface area contributed by atoms with Crippen molar-refractivity contribution in [3.8, 4) is 11.5 Å². The fourth-order valence-electron chi connectivity index (χ4n) is 7.87. The smallest absolute Gasteiger partial charge is 0.487 e. The first kappa shape index (κ1) is 37.9. The summed E-state index contributed by atoms with van der Waals surface area (Å²) in [5.74, 6) is -0.860. The van der Waals surface area contributed by atoms with Gasteiger partial charge in [0.1, 0.15) is 28.6 Å². The minimum Gasteiger partial charge on any atom is -0.487 e. The Morgan fingerprint density at radius 1 is 1.02 bits per heavy atom. The summed E-state index contributed by atoms with van der Waals surface area (Å²) in [7, 11) is 0.768. The van der Waals surface area contributed by atoms with Crippen LogP contribution in [-0.2, 0) is 39.5 Å². The first-order valence-corrected chi connectivity index (χ1v) is 17.5. The van der Waals surface area contributed by atoms with Gasteiger partial charge in [0.05, 0.1) is 31.3 Å². The van der Waals surface area contributed by atoms with E-state index in [1.165, 1.54) is 7.11 Å². The van der Waals surface area contributed by atoms with Crippen molar-refractivity contribution < 1.29 is 52.2 Å². The summed E-state index contributed by atoms with van der Waals surface area (Å²) in [6.07, 6.45) is 1.25. The number of methoxy groups -OCH3 is 1. The van der Waals surface area contributed by atoms with Gasteiger partial charge in [0.15, 0.2) is 5.75 Å². The molecule has 14 heteroatoms. The van der Waals surface area contributed by atoms with Gasteiger partial charge in [-0.3, -0.25) is 14.5 Å². The molecule has 2 saturated heterocycles. The van der Waals surface area contributed by atoms with Crippen molar-refractivity contribution in [1.82, 2.24) is 4.90 Å². The average molecular weight is 701 g/mol. The van der Waals surface area contributed by atoms with E-state index in [4.69, 9.17) is 38.7 Å². The minimum atomic E-state index is -0.989. The van der Waals surface area contributed by atoms with Gasteiger partial charge in [-0.25, -0.2) is 9.59 Å². The van der Waals surface area contributed by atoms with Crippen molar-refractivity contribution in [3.05, 3.63) is 23.3 Å². The summed E-state index contributed by atoms with van der Waals surface area (Å²) in [5.41, 5.74) is 4.13. The molecule has 2 aliphatic heterocycles. The van der Waals surface area contributed by atoms with E-state index >= 15 is 0 Å². The van der Waals surface area contributed by atoms with Crippen LogP contribution in [0.3, 0.4) is 0 Å². The average Bonchev–Trinajstić information content (AvgIpc) is 3.31. The Morgan fingerprint density at radius 3 is 2.26 bits per heavy atom. The molecule has 2 bridgehead atoms. The number of esters is 2. The second-order valence-electron chi connectivity index (χ2n) is 16.8. The molecule has 3 saturated carbocycles.